The van der Waals surface area contributed by atoms with Crippen LogP contribution in [0.3, 0.4) is 0 Å². The Balaban J connectivity index is 1.61. The van der Waals surface area contributed by atoms with Gasteiger partial charge in [-0.2, -0.15) is 17.0 Å². The second kappa shape index (κ2) is 6.37. The van der Waals surface area contributed by atoms with Crippen LogP contribution in [0, 0.1) is 5.92 Å². The lowest BCUT2D eigenvalue weighted by Gasteiger charge is -2.35. The molecule has 3 aliphatic rings. The highest BCUT2D eigenvalue weighted by molar-refractivity contribution is 7.86. The van der Waals surface area contributed by atoms with Crippen LogP contribution in [0.2, 0.25) is 0 Å². The maximum atomic E-state index is 13.1. The van der Waals surface area contributed by atoms with Crippen LogP contribution < -0.4 is 0 Å². The summed E-state index contributed by atoms with van der Waals surface area (Å²) < 4.78 is 27.9. The van der Waals surface area contributed by atoms with Gasteiger partial charge in [0.2, 0.25) is 0 Å². The van der Waals surface area contributed by atoms with Crippen LogP contribution >= 0.6 is 0 Å². The maximum Gasteiger partial charge on any atom is 0.281 e. The molecule has 2 aromatic rings. The predicted molar refractivity (Wildman–Crippen MR) is 100 cm³/mol. The lowest BCUT2D eigenvalue weighted by Crippen LogP contribution is -2.48. The van der Waals surface area contributed by atoms with E-state index >= 15 is 0 Å². The number of benzene rings is 1. The molecule has 8 heteroatoms. The average Bonchev–Trinajstić information content (AvgIpc) is 2.82. The first-order valence-corrected chi connectivity index (χ1v) is 10.3. The second-order valence-corrected chi connectivity index (χ2v) is 9.57. The van der Waals surface area contributed by atoms with E-state index in [0.717, 1.165) is 23.7 Å². The van der Waals surface area contributed by atoms with Gasteiger partial charge in [-0.3, -0.25) is 4.79 Å². The summed E-state index contributed by atoms with van der Waals surface area (Å²) >= 11 is 0. The topological polar surface area (TPSA) is 76.7 Å². The van der Waals surface area contributed by atoms with Crippen LogP contribution in [-0.4, -0.2) is 72.6 Å². The fraction of sp³-hybridized carbons (Fsp3) is 0.500. The number of nitrogens with one attached hydrogen (secondary N) is 1. The molecule has 1 aromatic heterocycles. The van der Waals surface area contributed by atoms with Crippen LogP contribution in [-0.2, 0) is 10.2 Å². The molecule has 0 aliphatic carbocycles. The van der Waals surface area contributed by atoms with Gasteiger partial charge in [0.1, 0.15) is 5.69 Å². The van der Waals surface area contributed by atoms with Gasteiger partial charge in [-0.25, -0.2) is 0 Å². The third kappa shape index (κ3) is 2.91. The molecule has 1 aromatic carbocycles. The number of aromatic amines is 1. The zero-order valence-electron chi connectivity index (χ0n) is 15.1. The summed E-state index contributed by atoms with van der Waals surface area (Å²) in [6.45, 7) is 1.45. The molecule has 0 radical (unpaired) electrons. The molecule has 3 fully saturated rings. The van der Waals surface area contributed by atoms with E-state index in [1.807, 2.05) is 35.2 Å². The van der Waals surface area contributed by atoms with Crippen LogP contribution in [0.15, 0.2) is 30.3 Å². The van der Waals surface area contributed by atoms with E-state index in [4.69, 9.17) is 0 Å². The van der Waals surface area contributed by atoms with Crippen molar-refractivity contribution in [3.63, 3.8) is 0 Å². The normalized spacial score (nSPS) is 24.3. The number of H-pyrrole nitrogens is 1. The van der Waals surface area contributed by atoms with Crippen LogP contribution in [0.4, 0.5) is 0 Å². The molecule has 2 bridgehead atoms. The number of carbonyl (C=O) groups is 1. The van der Waals surface area contributed by atoms with E-state index in [9.17, 15) is 13.2 Å². The minimum absolute atomic E-state index is 0.0417. The highest BCUT2D eigenvalue weighted by Gasteiger charge is 2.41. The SMILES string of the molecule is CN(C)S(=O)(=O)N1C[C@@H]2CC[C@H](C1)N(C(=O)c1cc3ccccc3[nH]1)C2. The molecular weight excluding hydrogens is 352 g/mol. The molecule has 0 saturated carbocycles. The molecule has 5 rings (SSSR count). The van der Waals surface area contributed by atoms with Gasteiger partial charge in [0.25, 0.3) is 16.1 Å². The lowest BCUT2D eigenvalue weighted by molar-refractivity contribution is 0.0583. The third-order valence-electron chi connectivity index (χ3n) is 5.49. The first-order chi connectivity index (χ1) is 12.4. The largest absolute Gasteiger partial charge is 0.351 e. The Kier molecular flexibility index (Phi) is 4.29. The highest BCUT2D eigenvalue weighted by atomic mass is 32.2. The number of hydrogen-bond donors (Lipinski definition) is 1. The fourth-order valence-corrected chi connectivity index (χ4v) is 5.27. The number of piperidine rings is 1. The Bertz CT molecular complexity index is 904. The number of hydrogen-bond acceptors (Lipinski definition) is 3. The van der Waals surface area contributed by atoms with Gasteiger partial charge < -0.3 is 9.88 Å². The van der Waals surface area contributed by atoms with Crippen molar-refractivity contribution < 1.29 is 13.2 Å². The zero-order valence-corrected chi connectivity index (χ0v) is 15.9. The summed E-state index contributed by atoms with van der Waals surface area (Å²) in [6.07, 6.45) is 1.80. The Morgan fingerprint density at radius 1 is 1.15 bits per heavy atom. The monoisotopic (exact) mass is 376 g/mol. The van der Waals surface area contributed by atoms with E-state index in [1.165, 1.54) is 8.61 Å². The number of aromatic nitrogens is 1. The molecule has 2 atom stereocenters. The maximum absolute atomic E-state index is 13.1. The van der Waals surface area contributed by atoms with E-state index in [-0.39, 0.29) is 17.9 Å². The van der Waals surface area contributed by atoms with Gasteiger partial charge in [-0.1, -0.05) is 18.2 Å². The highest BCUT2D eigenvalue weighted by Crippen LogP contribution is 2.31. The molecule has 1 N–H and O–H groups in total. The summed E-state index contributed by atoms with van der Waals surface area (Å²) in [5.74, 6) is 0.136. The van der Waals surface area contributed by atoms with Crippen molar-refractivity contribution in [2.45, 2.75) is 18.9 Å². The van der Waals surface area contributed by atoms with Crippen molar-refractivity contribution in [3.05, 3.63) is 36.0 Å². The molecule has 140 valence electrons. The van der Waals surface area contributed by atoms with Crippen molar-refractivity contribution >= 4 is 27.0 Å². The Morgan fingerprint density at radius 3 is 2.65 bits per heavy atom. The van der Waals surface area contributed by atoms with Gasteiger partial charge in [-0.15, -0.1) is 0 Å². The lowest BCUT2D eigenvalue weighted by atomic mass is 9.95. The van der Waals surface area contributed by atoms with Crippen LogP contribution in [0.1, 0.15) is 23.3 Å². The van der Waals surface area contributed by atoms with E-state index in [2.05, 4.69) is 4.98 Å². The number of nitrogens with zero attached hydrogens (tertiary/aromatic N) is 3. The second-order valence-electron chi connectivity index (χ2n) is 7.43. The molecule has 3 aliphatic heterocycles. The van der Waals surface area contributed by atoms with Gasteiger partial charge in [-0.05, 0) is 30.9 Å². The molecule has 4 heterocycles. The summed E-state index contributed by atoms with van der Waals surface area (Å²) in [5, 5.41) is 1.01. The molecular formula is C18H24N4O3S. The standard InChI is InChI=1S/C18H24N4O3S/c1-20(2)26(24,25)21-10-13-7-8-15(12-21)22(11-13)18(23)17-9-14-5-3-4-6-16(14)19-17/h3-6,9,13,15,19H,7-8,10-12H2,1-2H3/t13-,15+/m0/s1. The molecule has 0 unspecified atom stereocenters. The van der Waals surface area contributed by atoms with Crippen LogP contribution in [0.5, 0.6) is 0 Å². The smallest absolute Gasteiger partial charge is 0.281 e. The molecule has 26 heavy (non-hydrogen) atoms. The van der Waals surface area contributed by atoms with Gasteiger partial charge in [0.05, 0.1) is 0 Å². The molecule has 0 spiro atoms. The third-order valence-corrected chi connectivity index (χ3v) is 7.36. The zero-order chi connectivity index (χ0) is 18.5. The van der Waals surface area contributed by atoms with Crippen molar-refractivity contribution in [2.75, 3.05) is 33.7 Å². The summed E-state index contributed by atoms with van der Waals surface area (Å²) in [4.78, 5) is 18.2. The quantitative estimate of drug-likeness (QED) is 0.882. The predicted octanol–water partition coefficient (Wildman–Crippen LogP) is 1.51. The minimum Gasteiger partial charge on any atom is -0.351 e. The Hall–Kier alpha value is -1.90. The van der Waals surface area contributed by atoms with Gasteiger partial charge in [0.15, 0.2) is 0 Å². The van der Waals surface area contributed by atoms with Crippen molar-refractivity contribution in [3.8, 4) is 0 Å². The molecule has 3 saturated heterocycles. The fourth-order valence-electron chi connectivity index (χ4n) is 4.05. The first kappa shape index (κ1) is 17.5. The number of fused-ring (bicyclic) bond motifs is 5. The van der Waals surface area contributed by atoms with E-state index < -0.39 is 10.2 Å². The van der Waals surface area contributed by atoms with Crippen molar-refractivity contribution in [1.29, 1.82) is 0 Å². The number of amides is 1. The van der Waals surface area contributed by atoms with Crippen molar-refractivity contribution in [1.82, 2.24) is 18.5 Å². The number of carbonyl (C=O) groups excluding carboxylic acids is 1. The summed E-state index contributed by atoms with van der Waals surface area (Å²) in [7, 11) is -0.360. The summed E-state index contributed by atoms with van der Waals surface area (Å²) in [5.41, 5.74) is 1.51. The van der Waals surface area contributed by atoms with Crippen LogP contribution in [0.25, 0.3) is 10.9 Å². The summed E-state index contributed by atoms with van der Waals surface area (Å²) in [6, 6.07) is 9.61. The van der Waals surface area contributed by atoms with E-state index in [0.29, 0.717) is 25.3 Å². The molecule has 7 nitrogen and oxygen atoms in total. The first-order valence-electron chi connectivity index (χ1n) is 8.92. The number of rotatable bonds is 3. The number of para-hydroxylation sites is 1. The minimum atomic E-state index is -3.46. The Labute approximate surface area is 153 Å². The van der Waals surface area contributed by atoms with E-state index in [1.54, 1.807) is 14.1 Å². The van der Waals surface area contributed by atoms with Gasteiger partial charge >= 0.3 is 0 Å². The van der Waals surface area contributed by atoms with Crippen molar-refractivity contribution in [2.24, 2.45) is 5.92 Å². The average molecular weight is 376 g/mol. The molecule has 1 amide bonds. The van der Waals surface area contributed by atoms with Gasteiger partial charge in [0, 0.05) is 50.7 Å². The Morgan fingerprint density at radius 2 is 1.92 bits per heavy atom.